The molecule has 0 bridgehead atoms. The highest BCUT2D eigenvalue weighted by molar-refractivity contribution is 6.36. The molecule has 2 N–H and O–H groups in total. The molecule has 0 fully saturated rings. The van der Waals surface area contributed by atoms with Gasteiger partial charge < -0.3 is 10.2 Å². The average molecular weight is 454 g/mol. The van der Waals surface area contributed by atoms with Gasteiger partial charge in [-0.2, -0.15) is 10.5 Å². The third kappa shape index (κ3) is 5.16. The Morgan fingerprint density at radius 3 is 1.43 bits per heavy atom. The topological polar surface area (TPSA) is 113 Å². The summed E-state index contributed by atoms with van der Waals surface area (Å²) in [7, 11) is 0. The first-order chi connectivity index (χ1) is 13.3. The van der Waals surface area contributed by atoms with Crippen LogP contribution in [0, 0.1) is 22.7 Å². The molecule has 2 aromatic rings. The van der Waals surface area contributed by atoms with E-state index in [2.05, 4.69) is 9.98 Å². The summed E-state index contributed by atoms with van der Waals surface area (Å²) in [5.41, 5.74) is -0.403. The molecule has 0 saturated heterocycles. The van der Waals surface area contributed by atoms with E-state index in [1.54, 1.807) is 12.1 Å². The highest BCUT2D eigenvalue weighted by Crippen LogP contribution is 2.31. The molecule has 0 saturated carbocycles. The summed E-state index contributed by atoms with van der Waals surface area (Å²) in [4.78, 5) is 7.72. The number of halogens is 4. The summed E-state index contributed by atoms with van der Waals surface area (Å²) in [6, 6.07) is 8.89. The van der Waals surface area contributed by atoms with E-state index in [4.69, 9.17) is 46.4 Å². The maximum atomic E-state index is 9.91. The van der Waals surface area contributed by atoms with E-state index in [1.807, 2.05) is 0 Å². The molecule has 0 unspecified atom stereocenters. The molecule has 0 aliphatic heterocycles. The van der Waals surface area contributed by atoms with Crippen molar-refractivity contribution < 1.29 is 10.2 Å². The molecule has 0 aliphatic rings. The number of benzene rings is 2. The van der Waals surface area contributed by atoms with Gasteiger partial charge in [0.05, 0.1) is 10.0 Å². The van der Waals surface area contributed by atoms with Crippen molar-refractivity contribution >= 4 is 58.8 Å². The second-order valence-electron chi connectivity index (χ2n) is 5.09. The lowest BCUT2D eigenvalue weighted by molar-refractivity contribution is 0.474. The number of rotatable bonds is 4. The quantitative estimate of drug-likeness (QED) is 0.469. The highest BCUT2D eigenvalue weighted by atomic mass is 35.5. The van der Waals surface area contributed by atoms with E-state index in [0.29, 0.717) is 0 Å². The van der Waals surface area contributed by atoms with Gasteiger partial charge in [-0.1, -0.05) is 46.4 Å². The number of phenolic OH excluding ortho intramolecular Hbond substituents is 2. The predicted octanol–water partition coefficient (Wildman–Crippen LogP) is 5.51. The third-order valence-electron chi connectivity index (χ3n) is 3.22. The van der Waals surface area contributed by atoms with Crippen molar-refractivity contribution in [3.05, 3.63) is 66.9 Å². The van der Waals surface area contributed by atoms with E-state index in [-0.39, 0.29) is 54.1 Å². The lowest BCUT2D eigenvalue weighted by Crippen LogP contribution is -1.90. The van der Waals surface area contributed by atoms with Gasteiger partial charge in [0.1, 0.15) is 23.6 Å². The van der Waals surface area contributed by atoms with Crippen LogP contribution in [0.4, 0.5) is 0 Å². The minimum Gasteiger partial charge on any atom is -0.506 e. The van der Waals surface area contributed by atoms with Gasteiger partial charge in [0.2, 0.25) is 0 Å². The summed E-state index contributed by atoms with van der Waals surface area (Å²) in [6.45, 7) is 0. The second kappa shape index (κ2) is 9.45. The predicted molar refractivity (Wildman–Crippen MR) is 110 cm³/mol. The first kappa shape index (κ1) is 21.6. The maximum absolute atomic E-state index is 9.91. The van der Waals surface area contributed by atoms with Crippen LogP contribution in [0.15, 0.2) is 45.6 Å². The van der Waals surface area contributed by atoms with Crippen LogP contribution >= 0.6 is 46.4 Å². The monoisotopic (exact) mass is 452 g/mol. The molecule has 2 rings (SSSR count). The Morgan fingerprint density at radius 1 is 0.750 bits per heavy atom. The molecule has 0 spiro atoms. The van der Waals surface area contributed by atoms with Crippen molar-refractivity contribution in [2.24, 2.45) is 9.98 Å². The molecule has 6 nitrogen and oxygen atoms in total. The van der Waals surface area contributed by atoms with Crippen LogP contribution in [0.25, 0.3) is 0 Å². The first-order valence-corrected chi connectivity index (χ1v) is 8.76. The molecule has 0 heterocycles. The van der Waals surface area contributed by atoms with Crippen LogP contribution in [0.1, 0.15) is 11.1 Å². The van der Waals surface area contributed by atoms with Gasteiger partial charge in [0, 0.05) is 33.6 Å². The summed E-state index contributed by atoms with van der Waals surface area (Å²) in [6.07, 6.45) is 2.23. The van der Waals surface area contributed by atoms with Crippen LogP contribution in [-0.2, 0) is 0 Å². The molecule has 2 aromatic carbocycles. The van der Waals surface area contributed by atoms with Gasteiger partial charge in [-0.05, 0) is 24.3 Å². The van der Waals surface area contributed by atoms with Crippen LogP contribution in [0.5, 0.6) is 11.5 Å². The number of hydrogen-bond donors (Lipinski definition) is 2. The molecule has 10 heteroatoms. The average Bonchev–Trinajstić information content (AvgIpc) is 2.65. The lowest BCUT2D eigenvalue weighted by atomic mass is 10.2. The standard InChI is InChI=1S/C18H8Cl4N4O2/c19-11-1-9(17(27)13(21)3-11)7-25-15(5-23)16(6-24)26-8-10-2-12(20)4-14(22)18(10)28/h1-4,7-8,27-28H/b16-15+,25-7?,26-8?. The van der Waals surface area contributed by atoms with E-state index in [9.17, 15) is 20.7 Å². The van der Waals surface area contributed by atoms with E-state index >= 15 is 0 Å². The highest BCUT2D eigenvalue weighted by Gasteiger charge is 2.09. The number of phenols is 2. The molecular formula is C18H8Cl4N4O2. The Morgan fingerprint density at radius 2 is 1.11 bits per heavy atom. The Kier molecular flexibility index (Phi) is 7.28. The van der Waals surface area contributed by atoms with Crippen molar-refractivity contribution in [1.82, 2.24) is 0 Å². The summed E-state index contributed by atoms with van der Waals surface area (Å²) >= 11 is 23.4. The summed E-state index contributed by atoms with van der Waals surface area (Å²) in [5, 5.41) is 38.9. The molecule has 28 heavy (non-hydrogen) atoms. The van der Waals surface area contributed by atoms with Crippen molar-refractivity contribution in [3.63, 3.8) is 0 Å². The fourth-order valence-corrected chi connectivity index (χ4v) is 2.94. The molecule has 0 aromatic heterocycles. The zero-order chi connectivity index (χ0) is 20.8. The van der Waals surface area contributed by atoms with Crippen LogP contribution in [-0.4, -0.2) is 22.6 Å². The van der Waals surface area contributed by atoms with Gasteiger partial charge in [0.15, 0.2) is 11.4 Å². The van der Waals surface area contributed by atoms with Crippen LogP contribution in [0.2, 0.25) is 20.1 Å². The maximum Gasteiger partial charge on any atom is 0.176 e. The van der Waals surface area contributed by atoms with Gasteiger partial charge in [-0.15, -0.1) is 0 Å². The zero-order valence-electron chi connectivity index (χ0n) is 13.7. The summed E-state index contributed by atoms with van der Waals surface area (Å²) < 4.78 is 0. The number of hydrogen-bond acceptors (Lipinski definition) is 6. The van der Waals surface area contributed by atoms with E-state index < -0.39 is 0 Å². The number of aromatic hydroxyl groups is 2. The van der Waals surface area contributed by atoms with Crippen molar-refractivity contribution in [2.75, 3.05) is 0 Å². The van der Waals surface area contributed by atoms with Crippen molar-refractivity contribution in [1.29, 1.82) is 10.5 Å². The zero-order valence-corrected chi connectivity index (χ0v) is 16.7. The SMILES string of the molecule is N#C/C(N=Cc1cc(Cl)cc(Cl)c1O)=C(/C#N)N=Cc1cc(Cl)cc(Cl)c1O. The van der Waals surface area contributed by atoms with Gasteiger partial charge >= 0.3 is 0 Å². The molecule has 0 radical (unpaired) electrons. The molecule has 0 atom stereocenters. The normalized spacial score (nSPS) is 12.1. The number of allylic oxidation sites excluding steroid dienone is 2. The van der Waals surface area contributed by atoms with Gasteiger partial charge in [-0.3, -0.25) is 0 Å². The first-order valence-electron chi connectivity index (χ1n) is 7.25. The van der Waals surface area contributed by atoms with Crippen LogP contribution in [0.3, 0.4) is 0 Å². The number of aliphatic imine (C=N–C) groups is 2. The van der Waals surface area contributed by atoms with Gasteiger partial charge in [0.25, 0.3) is 0 Å². The largest absolute Gasteiger partial charge is 0.506 e. The second-order valence-corrected chi connectivity index (χ2v) is 6.78. The molecular weight excluding hydrogens is 446 g/mol. The smallest absolute Gasteiger partial charge is 0.176 e. The fraction of sp³-hybridized carbons (Fsp3) is 0. The molecule has 0 amide bonds. The Labute approximate surface area is 179 Å². The fourth-order valence-electron chi connectivity index (χ4n) is 1.92. The number of nitrogens with zero attached hydrogens (tertiary/aromatic N) is 4. The third-order valence-corrected chi connectivity index (χ3v) is 4.23. The van der Waals surface area contributed by atoms with Crippen molar-refractivity contribution in [3.8, 4) is 23.6 Å². The van der Waals surface area contributed by atoms with E-state index in [0.717, 1.165) is 12.4 Å². The Hall–Kier alpha value is -2.74. The van der Waals surface area contributed by atoms with Gasteiger partial charge in [-0.25, -0.2) is 9.98 Å². The minimum absolute atomic E-state index is 0.00303. The van der Waals surface area contributed by atoms with Crippen molar-refractivity contribution in [2.45, 2.75) is 0 Å². The molecule has 140 valence electrons. The molecule has 0 aliphatic carbocycles. The summed E-state index contributed by atoms with van der Waals surface area (Å²) in [5.74, 6) is -0.569. The van der Waals surface area contributed by atoms with E-state index in [1.165, 1.54) is 24.3 Å². The van der Waals surface area contributed by atoms with Crippen LogP contribution < -0.4 is 0 Å². The Balaban J connectivity index is 2.44. The number of nitriles is 2. The minimum atomic E-state index is -0.345. The Bertz CT molecular complexity index is 1020. The lowest BCUT2D eigenvalue weighted by Gasteiger charge is -2.03.